The van der Waals surface area contributed by atoms with Gasteiger partial charge in [0.25, 0.3) is 0 Å². The molecule has 5 nitrogen and oxygen atoms in total. The smallest absolute Gasteiger partial charge is 0.246 e. The van der Waals surface area contributed by atoms with Gasteiger partial charge in [0, 0.05) is 32.2 Å². The number of piperazine rings is 1. The third-order valence-corrected chi connectivity index (χ3v) is 6.78. The van der Waals surface area contributed by atoms with Crippen molar-refractivity contribution in [1.29, 1.82) is 0 Å². The SMILES string of the molecule is CC(C)N1C(=O)C2(CCCCC2)C1C(=O)N1CCN(c2ccccc2F)CC1. The number of halogens is 1. The highest BCUT2D eigenvalue weighted by Crippen LogP contribution is 2.51. The monoisotopic (exact) mass is 387 g/mol. The van der Waals surface area contributed by atoms with Gasteiger partial charge in [-0.25, -0.2) is 4.39 Å². The van der Waals surface area contributed by atoms with Crippen molar-refractivity contribution >= 4 is 17.5 Å². The fraction of sp³-hybridized carbons (Fsp3) is 0.636. The highest BCUT2D eigenvalue weighted by molar-refractivity contribution is 6.02. The number of benzene rings is 1. The average molecular weight is 387 g/mol. The van der Waals surface area contributed by atoms with Crippen LogP contribution in [0.2, 0.25) is 0 Å². The molecule has 3 fully saturated rings. The van der Waals surface area contributed by atoms with E-state index in [0.29, 0.717) is 31.9 Å². The van der Waals surface area contributed by atoms with E-state index in [0.717, 1.165) is 32.1 Å². The molecule has 0 N–H and O–H groups in total. The Morgan fingerprint density at radius 1 is 1.07 bits per heavy atom. The first-order valence-electron chi connectivity index (χ1n) is 10.6. The molecule has 1 atom stereocenters. The van der Waals surface area contributed by atoms with E-state index in [1.165, 1.54) is 6.07 Å². The summed E-state index contributed by atoms with van der Waals surface area (Å²) in [6, 6.07) is 6.50. The van der Waals surface area contributed by atoms with Gasteiger partial charge in [0.2, 0.25) is 11.8 Å². The Kier molecular flexibility index (Phi) is 5.06. The van der Waals surface area contributed by atoms with Crippen LogP contribution in [-0.4, -0.2) is 59.9 Å². The van der Waals surface area contributed by atoms with Crippen molar-refractivity contribution < 1.29 is 14.0 Å². The number of rotatable bonds is 3. The largest absolute Gasteiger partial charge is 0.366 e. The van der Waals surface area contributed by atoms with Crippen molar-refractivity contribution in [2.75, 3.05) is 31.1 Å². The number of carbonyl (C=O) groups is 2. The highest BCUT2D eigenvalue weighted by atomic mass is 19.1. The molecule has 6 heteroatoms. The number of β-lactam (4-membered cyclic amide) rings is 1. The van der Waals surface area contributed by atoms with Gasteiger partial charge >= 0.3 is 0 Å². The van der Waals surface area contributed by atoms with Crippen LogP contribution < -0.4 is 4.90 Å². The summed E-state index contributed by atoms with van der Waals surface area (Å²) in [5.41, 5.74) is 0.128. The van der Waals surface area contributed by atoms with Crippen LogP contribution in [-0.2, 0) is 9.59 Å². The van der Waals surface area contributed by atoms with Gasteiger partial charge in [-0.15, -0.1) is 0 Å². The van der Waals surface area contributed by atoms with Crippen LogP contribution in [0.15, 0.2) is 24.3 Å². The average Bonchev–Trinajstić information content (AvgIpc) is 2.72. The van der Waals surface area contributed by atoms with Crippen LogP contribution in [0.4, 0.5) is 10.1 Å². The molecule has 2 aliphatic heterocycles. The van der Waals surface area contributed by atoms with Crippen LogP contribution in [0.25, 0.3) is 0 Å². The summed E-state index contributed by atoms with van der Waals surface area (Å²) in [5.74, 6) is 0.0351. The normalized spacial score (nSPS) is 24.6. The van der Waals surface area contributed by atoms with Crippen LogP contribution >= 0.6 is 0 Å². The Hall–Kier alpha value is -2.11. The van der Waals surface area contributed by atoms with E-state index >= 15 is 0 Å². The molecule has 0 bridgehead atoms. The molecule has 2 saturated heterocycles. The number of hydrogen-bond donors (Lipinski definition) is 0. The second-order valence-electron chi connectivity index (χ2n) is 8.69. The maximum atomic E-state index is 14.1. The van der Waals surface area contributed by atoms with Gasteiger partial charge in [-0.2, -0.15) is 0 Å². The molecular formula is C22H30FN3O2. The van der Waals surface area contributed by atoms with E-state index in [-0.39, 0.29) is 29.7 Å². The number of para-hydroxylation sites is 1. The molecule has 1 saturated carbocycles. The molecule has 28 heavy (non-hydrogen) atoms. The summed E-state index contributed by atoms with van der Waals surface area (Å²) >= 11 is 0. The minimum absolute atomic E-state index is 0.0358. The molecule has 3 aliphatic rings. The van der Waals surface area contributed by atoms with E-state index in [1.807, 2.05) is 29.7 Å². The Morgan fingerprint density at radius 3 is 2.32 bits per heavy atom. The Morgan fingerprint density at radius 2 is 1.71 bits per heavy atom. The van der Waals surface area contributed by atoms with Crippen molar-refractivity contribution in [2.45, 2.75) is 58.0 Å². The fourth-order valence-corrected chi connectivity index (χ4v) is 5.30. The van der Waals surface area contributed by atoms with Gasteiger partial charge in [-0.3, -0.25) is 9.59 Å². The molecule has 152 valence electrons. The van der Waals surface area contributed by atoms with Gasteiger partial charge < -0.3 is 14.7 Å². The summed E-state index contributed by atoms with van der Waals surface area (Å²) in [7, 11) is 0. The maximum Gasteiger partial charge on any atom is 0.246 e. The summed E-state index contributed by atoms with van der Waals surface area (Å²) in [4.78, 5) is 32.1. The van der Waals surface area contributed by atoms with Crippen LogP contribution in [0.5, 0.6) is 0 Å². The molecule has 0 radical (unpaired) electrons. The van der Waals surface area contributed by atoms with Crippen molar-refractivity contribution in [3.63, 3.8) is 0 Å². The summed E-state index contributed by atoms with van der Waals surface area (Å²) in [6.07, 6.45) is 4.88. The predicted molar refractivity (Wildman–Crippen MR) is 106 cm³/mol. The molecule has 1 aromatic carbocycles. The third kappa shape index (κ3) is 2.97. The quantitative estimate of drug-likeness (QED) is 0.749. The molecule has 1 spiro atoms. The standard InChI is InChI=1S/C22H30FN3O2/c1-16(2)26-19(22(21(26)28)10-6-3-7-11-22)20(27)25-14-12-24(13-15-25)18-9-5-4-8-17(18)23/h4-5,8-9,16,19H,3,6-7,10-15H2,1-2H3. The lowest BCUT2D eigenvalue weighted by molar-refractivity contribution is -0.189. The van der Waals surface area contributed by atoms with Crippen LogP contribution in [0.1, 0.15) is 46.0 Å². The first kappa shape index (κ1) is 19.2. The summed E-state index contributed by atoms with van der Waals surface area (Å²) in [5, 5.41) is 0. The van der Waals surface area contributed by atoms with Gasteiger partial charge in [-0.05, 0) is 38.8 Å². The Balaban J connectivity index is 1.48. The number of nitrogens with zero attached hydrogens (tertiary/aromatic N) is 3. The Bertz CT molecular complexity index is 752. The molecule has 2 amide bonds. The van der Waals surface area contributed by atoms with E-state index in [9.17, 15) is 14.0 Å². The van der Waals surface area contributed by atoms with Crippen molar-refractivity contribution in [3.05, 3.63) is 30.1 Å². The van der Waals surface area contributed by atoms with E-state index < -0.39 is 5.41 Å². The van der Waals surface area contributed by atoms with Crippen molar-refractivity contribution in [3.8, 4) is 0 Å². The second kappa shape index (κ2) is 7.37. The number of hydrogen-bond acceptors (Lipinski definition) is 3. The predicted octanol–water partition coefficient (Wildman–Crippen LogP) is 3.04. The Labute approximate surface area is 166 Å². The molecule has 1 aliphatic carbocycles. The number of likely N-dealkylation sites (tertiary alicyclic amines) is 1. The summed E-state index contributed by atoms with van der Waals surface area (Å²) < 4.78 is 14.1. The van der Waals surface area contributed by atoms with E-state index in [1.54, 1.807) is 17.0 Å². The topological polar surface area (TPSA) is 43.9 Å². The number of anilines is 1. The minimum Gasteiger partial charge on any atom is -0.366 e. The van der Waals surface area contributed by atoms with Crippen molar-refractivity contribution in [2.24, 2.45) is 5.41 Å². The number of carbonyl (C=O) groups excluding carboxylic acids is 2. The second-order valence-corrected chi connectivity index (χ2v) is 8.69. The van der Waals surface area contributed by atoms with Crippen LogP contribution in [0, 0.1) is 11.2 Å². The zero-order valence-corrected chi connectivity index (χ0v) is 16.9. The maximum absolute atomic E-state index is 14.1. The number of amides is 2. The summed E-state index contributed by atoms with van der Waals surface area (Å²) in [6.45, 7) is 6.34. The lowest BCUT2D eigenvalue weighted by Crippen LogP contribution is -2.76. The first-order chi connectivity index (χ1) is 13.5. The van der Waals surface area contributed by atoms with E-state index in [4.69, 9.17) is 0 Å². The highest BCUT2D eigenvalue weighted by Gasteiger charge is 2.64. The first-order valence-corrected chi connectivity index (χ1v) is 10.6. The lowest BCUT2D eigenvalue weighted by atomic mass is 9.61. The zero-order chi connectivity index (χ0) is 19.9. The van der Waals surface area contributed by atoms with Crippen LogP contribution in [0.3, 0.4) is 0 Å². The van der Waals surface area contributed by atoms with Gasteiger partial charge in [0.05, 0.1) is 11.1 Å². The lowest BCUT2D eigenvalue weighted by Gasteiger charge is -2.59. The van der Waals surface area contributed by atoms with Gasteiger partial charge in [0.1, 0.15) is 11.9 Å². The zero-order valence-electron chi connectivity index (χ0n) is 16.9. The molecular weight excluding hydrogens is 357 g/mol. The third-order valence-electron chi connectivity index (χ3n) is 6.78. The molecule has 2 heterocycles. The molecule has 1 unspecified atom stereocenters. The van der Waals surface area contributed by atoms with E-state index in [2.05, 4.69) is 0 Å². The fourth-order valence-electron chi connectivity index (χ4n) is 5.30. The molecule has 1 aromatic rings. The van der Waals surface area contributed by atoms with Crippen molar-refractivity contribution in [1.82, 2.24) is 9.80 Å². The van der Waals surface area contributed by atoms with Gasteiger partial charge in [0.15, 0.2) is 0 Å². The minimum atomic E-state index is -0.470. The molecule has 0 aromatic heterocycles. The molecule has 4 rings (SSSR count). The van der Waals surface area contributed by atoms with Gasteiger partial charge in [-0.1, -0.05) is 31.4 Å².